The first-order chi connectivity index (χ1) is 12.8. The molecule has 4 aromatic rings. The molecule has 0 aliphatic carbocycles. The molecule has 0 aliphatic rings. The van der Waals surface area contributed by atoms with Crippen molar-refractivity contribution in [3.05, 3.63) is 90.8 Å². The third kappa shape index (κ3) is 3.35. The van der Waals surface area contributed by atoms with Crippen molar-refractivity contribution in [2.45, 2.75) is 6.54 Å². The predicted octanol–water partition coefficient (Wildman–Crippen LogP) is 5.04. The molecule has 0 atom stereocenters. The Labute approximate surface area is 152 Å². The van der Waals surface area contributed by atoms with Gasteiger partial charge >= 0.3 is 0 Å². The molecular weight excluding hydrogens is 322 g/mol. The summed E-state index contributed by atoms with van der Waals surface area (Å²) in [7, 11) is 2.04. The zero-order valence-electron chi connectivity index (χ0n) is 14.5. The molecule has 0 aliphatic heterocycles. The van der Waals surface area contributed by atoms with Gasteiger partial charge in [-0.2, -0.15) is 0 Å². The minimum atomic E-state index is 0.545. The van der Waals surface area contributed by atoms with E-state index in [2.05, 4.69) is 57.6 Å². The molecule has 0 N–H and O–H groups in total. The highest BCUT2D eigenvalue weighted by molar-refractivity contribution is 5.78. The lowest BCUT2D eigenvalue weighted by Gasteiger charge is -2.21. The van der Waals surface area contributed by atoms with Crippen LogP contribution in [0, 0.1) is 0 Å². The SMILES string of the molecule is CN(Cc1nnc(-c2ccccc2)o1)c1ccccc1-c1ccccc1. The standard InChI is InChI=1S/C22H19N3O/c1-25(16-21-23-24-22(26-21)18-12-6-3-7-13-18)20-15-9-8-14-19(20)17-10-4-2-5-11-17/h2-15H,16H2,1H3. The Morgan fingerprint density at radius 2 is 1.35 bits per heavy atom. The number of nitrogens with zero attached hydrogens (tertiary/aromatic N) is 3. The second-order valence-corrected chi connectivity index (χ2v) is 6.11. The molecule has 0 saturated heterocycles. The first-order valence-corrected chi connectivity index (χ1v) is 8.54. The molecule has 0 saturated carbocycles. The van der Waals surface area contributed by atoms with Crippen LogP contribution in [0.25, 0.3) is 22.6 Å². The summed E-state index contributed by atoms with van der Waals surface area (Å²) in [4.78, 5) is 2.13. The molecule has 0 spiro atoms. The van der Waals surface area contributed by atoms with Gasteiger partial charge in [-0.05, 0) is 23.8 Å². The van der Waals surface area contributed by atoms with Gasteiger partial charge in [0.25, 0.3) is 0 Å². The fraction of sp³-hybridized carbons (Fsp3) is 0.0909. The van der Waals surface area contributed by atoms with Crippen LogP contribution < -0.4 is 4.90 Å². The van der Waals surface area contributed by atoms with Gasteiger partial charge in [0.15, 0.2) is 0 Å². The van der Waals surface area contributed by atoms with E-state index in [1.807, 2.05) is 49.5 Å². The summed E-state index contributed by atoms with van der Waals surface area (Å²) < 4.78 is 5.84. The molecule has 4 rings (SSSR count). The molecule has 128 valence electrons. The van der Waals surface area contributed by atoms with Gasteiger partial charge in [-0.1, -0.05) is 66.7 Å². The average Bonchev–Trinajstić information content (AvgIpc) is 3.18. The molecule has 4 heteroatoms. The van der Waals surface area contributed by atoms with Crippen molar-refractivity contribution in [3.63, 3.8) is 0 Å². The zero-order chi connectivity index (χ0) is 17.8. The van der Waals surface area contributed by atoms with E-state index in [0.717, 1.165) is 11.3 Å². The monoisotopic (exact) mass is 341 g/mol. The van der Waals surface area contributed by atoms with E-state index in [4.69, 9.17) is 4.42 Å². The second-order valence-electron chi connectivity index (χ2n) is 6.11. The van der Waals surface area contributed by atoms with Crippen molar-refractivity contribution in [2.24, 2.45) is 0 Å². The van der Waals surface area contributed by atoms with Crippen LogP contribution in [0.4, 0.5) is 5.69 Å². The van der Waals surface area contributed by atoms with Gasteiger partial charge in [0.1, 0.15) is 0 Å². The summed E-state index contributed by atoms with van der Waals surface area (Å²) in [5.41, 5.74) is 4.42. The summed E-state index contributed by atoms with van der Waals surface area (Å²) >= 11 is 0. The summed E-state index contributed by atoms with van der Waals surface area (Å²) in [5.74, 6) is 1.14. The Bertz CT molecular complexity index is 980. The average molecular weight is 341 g/mol. The maximum absolute atomic E-state index is 5.84. The number of aromatic nitrogens is 2. The minimum Gasteiger partial charge on any atom is -0.419 e. The van der Waals surface area contributed by atoms with Crippen LogP contribution in [0.1, 0.15) is 5.89 Å². The Morgan fingerprint density at radius 1 is 0.731 bits per heavy atom. The van der Waals surface area contributed by atoms with Crippen molar-refractivity contribution in [3.8, 4) is 22.6 Å². The molecule has 26 heavy (non-hydrogen) atoms. The third-order valence-electron chi connectivity index (χ3n) is 4.26. The van der Waals surface area contributed by atoms with Gasteiger partial charge in [-0.25, -0.2) is 0 Å². The Morgan fingerprint density at radius 3 is 2.08 bits per heavy atom. The maximum Gasteiger partial charge on any atom is 0.247 e. The van der Waals surface area contributed by atoms with Gasteiger partial charge in [-0.3, -0.25) is 0 Å². The van der Waals surface area contributed by atoms with Crippen molar-refractivity contribution >= 4 is 5.69 Å². The van der Waals surface area contributed by atoms with E-state index in [1.54, 1.807) is 0 Å². The quantitative estimate of drug-likeness (QED) is 0.510. The van der Waals surface area contributed by atoms with E-state index in [1.165, 1.54) is 11.1 Å². The van der Waals surface area contributed by atoms with Crippen LogP contribution in [0.2, 0.25) is 0 Å². The highest BCUT2D eigenvalue weighted by Crippen LogP contribution is 2.30. The minimum absolute atomic E-state index is 0.545. The fourth-order valence-corrected chi connectivity index (χ4v) is 2.97. The summed E-state index contributed by atoms with van der Waals surface area (Å²) in [5, 5.41) is 8.37. The molecule has 1 aromatic heterocycles. The van der Waals surface area contributed by atoms with E-state index in [-0.39, 0.29) is 0 Å². The first-order valence-electron chi connectivity index (χ1n) is 8.54. The van der Waals surface area contributed by atoms with E-state index in [0.29, 0.717) is 18.3 Å². The van der Waals surface area contributed by atoms with Crippen molar-refractivity contribution in [1.82, 2.24) is 10.2 Å². The van der Waals surface area contributed by atoms with Gasteiger partial charge in [0.2, 0.25) is 11.8 Å². The zero-order valence-corrected chi connectivity index (χ0v) is 14.5. The van der Waals surface area contributed by atoms with Crippen molar-refractivity contribution in [1.29, 1.82) is 0 Å². The summed E-state index contributed by atoms with van der Waals surface area (Å²) in [6, 6.07) is 28.5. The lowest BCUT2D eigenvalue weighted by atomic mass is 10.0. The van der Waals surface area contributed by atoms with Crippen LogP contribution in [-0.2, 0) is 6.54 Å². The Hall–Kier alpha value is -3.40. The number of para-hydroxylation sites is 1. The van der Waals surface area contributed by atoms with Crippen LogP contribution in [0.15, 0.2) is 89.3 Å². The van der Waals surface area contributed by atoms with Gasteiger partial charge < -0.3 is 9.32 Å². The van der Waals surface area contributed by atoms with Gasteiger partial charge in [0.05, 0.1) is 6.54 Å². The highest BCUT2D eigenvalue weighted by Gasteiger charge is 2.13. The van der Waals surface area contributed by atoms with E-state index in [9.17, 15) is 0 Å². The maximum atomic E-state index is 5.84. The first kappa shape index (κ1) is 16.1. The van der Waals surface area contributed by atoms with Crippen LogP contribution in [0.3, 0.4) is 0 Å². The lowest BCUT2D eigenvalue weighted by molar-refractivity contribution is 0.503. The normalized spacial score (nSPS) is 10.7. The Kier molecular flexibility index (Phi) is 4.48. The van der Waals surface area contributed by atoms with Crippen molar-refractivity contribution in [2.75, 3.05) is 11.9 Å². The van der Waals surface area contributed by atoms with Crippen LogP contribution >= 0.6 is 0 Å². The molecule has 4 nitrogen and oxygen atoms in total. The number of anilines is 1. The lowest BCUT2D eigenvalue weighted by Crippen LogP contribution is -2.17. The van der Waals surface area contributed by atoms with Gasteiger partial charge in [-0.15, -0.1) is 10.2 Å². The molecule has 1 heterocycles. The highest BCUT2D eigenvalue weighted by atomic mass is 16.4. The largest absolute Gasteiger partial charge is 0.419 e. The van der Waals surface area contributed by atoms with Gasteiger partial charge in [0, 0.05) is 23.9 Å². The second kappa shape index (κ2) is 7.23. The molecule has 0 amide bonds. The number of rotatable bonds is 5. The summed E-state index contributed by atoms with van der Waals surface area (Å²) in [6.07, 6.45) is 0. The predicted molar refractivity (Wildman–Crippen MR) is 104 cm³/mol. The van der Waals surface area contributed by atoms with E-state index < -0.39 is 0 Å². The Balaban J connectivity index is 1.58. The summed E-state index contributed by atoms with van der Waals surface area (Å²) in [6.45, 7) is 0.545. The van der Waals surface area contributed by atoms with Crippen LogP contribution in [-0.4, -0.2) is 17.2 Å². The number of hydrogen-bond acceptors (Lipinski definition) is 4. The number of hydrogen-bond donors (Lipinski definition) is 0. The fourth-order valence-electron chi connectivity index (χ4n) is 2.97. The molecule has 0 bridgehead atoms. The molecule has 0 radical (unpaired) electrons. The molecule has 0 fully saturated rings. The third-order valence-corrected chi connectivity index (χ3v) is 4.26. The molecule has 0 unspecified atom stereocenters. The molecule has 3 aromatic carbocycles. The number of benzene rings is 3. The van der Waals surface area contributed by atoms with Crippen molar-refractivity contribution < 1.29 is 4.42 Å². The molecular formula is C22H19N3O. The smallest absolute Gasteiger partial charge is 0.247 e. The van der Waals surface area contributed by atoms with E-state index >= 15 is 0 Å². The topological polar surface area (TPSA) is 42.2 Å². The van der Waals surface area contributed by atoms with Crippen LogP contribution in [0.5, 0.6) is 0 Å².